The number of methoxy groups -OCH3 is 1. The van der Waals surface area contributed by atoms with Crippen molar-refractivity contribution in [3.8, 4) is 22.6 Å². The Bertz CT molecular complexity index is 1820. The van der Waals surface area contributed by atoms with Crippen LogP contribution in [0.3, 0.4) is 0 Å². The summed E-state index contributed by atoms with van der Waals surface area (Å²) in [5.41, 5.74) is 9.42. The minimum Gasteiger partial charge on any atom is -0.493 e. The summed E-state index contributed by atoms with van der Waals surface area (Å²) in [6, 6.07) is 23.7. The molecular weight excluding hydrogens is 538 g/mol. The quantitative estimate of drug-likeness (QED) is 0.0930. The van der Waals surface area contributed by atoms with Crippen LogP contribution in [-0.2, 0) is 0 Å². The average molecular weight is 566 g/mol. The van der Waals surface area contributed by atoms with Crippen LogP contribution in [0, 0.1) is 20.8 Å². The Kier molecular flexibility index (Phi) is 7.90. The van der Waals surface area contributed by atoms with Crippen LogP contribution in [0.15, 0.2) is 84.0 Å². The molecule has 0 saturated carbocycles. The number of rotatable bonds is 7. The van der Waals surface area contributed by atoms with Gasteiger partial charge in [0.15, 0.2) is 11.5 Å². The predicted molar refractivity (Wildman–Crippen MR) is 162 cm³/mol. The summed E-state index contributed by atoms with van der Waals surface area (Å²) in [4.78, 5) is 29.3. The first-order chi connectivity index (χ1) is 19.7. The molecular formula is C33H28ClN3O4. The fourth-order valence-electron chi connectivity index (χ4n) is 4.77. The van der Waals surface area contributed by atoms with Crippen LogP contribution < -0.4 is 14.9 Å². The number of amides is 1. The molecule has 5 aromatic rings. The first-order valence-electron chi connectivity index (χ1n) is 12.9. The highest BCUT2D eigenvalue weighted by Gasteiger charge is 2.22. The summed E-state index contributed by atoms with van der Waals surface area (Å²) in [6.45, 7) is 5.92. The van der Waals surface area contributed by atoms with Gasteiger partial charge in [0.1, 0.15) is 5.69 Å². The van der Waals surface area contributed by atoms with Crippen molar-refractivity contribution in [2.45, 2.75) is 20.8 Å². The molecule has 0 aliphatic heterocycles. The summed E-state index contributed by atoms with van der Waals surface area (Å²) in [5, 5.41) is 5.62. The number of carbonyl (C=O) groups is 2. The van der Waals surface area contributed by atoms with E-state index in [9.17, 15) is 9.59 Å². The van der Waals surface area contributed by atoms with Gasteiger partial charge in [-0.15, -0.1) is 0 Å². The van der Waals surface area contributed by atoms with Crippen LogP contribution in [0.1, 0.15) is 43.1 Å². The Morgan fingerprint density at radius 1 is 0.902 bits per heavy atom. The van der Waals surface area contributed by atoms with E-state index in [1.165, 1.54) is 13.3 Å². The van der Waals surface area contributed by atoms with Crippen molar-refractivity contribution in [2.24, 2.45) is 5.10 Å². The molecule has 1 aromatic heterocycles. The number of halogens is 1. The third-order valence-electron chi connectivity index (χ3n) is 6.64. The van der Waals surface area contributed by atoms with Gasteiger partial charge in [0.25, 0.3) is 5.91 Å². The summed E-state index contributed by atoms with van der Waals surface area (Å²) in [5.74, 6) is -0.282. The highest BCUT2D eigenvalue weighted by Crippen LogP contribution is 2.38. The third-order valence-corrected chi connectivity index (χ3v) is 6.97. The molecule has 0 spiro atoms. The molecule has 0 bridgehead atoms. The van der Waals surface area contributed by atoms with Gasteiger partial charge in [0.2, 0.25) is 0 Å². The fraction of sp³-hybridized carbons (Fsp3) is 0.121. The molecule has 0 atom stereocenters. The third kappa shape index (κ3) is 5.85. The van der Waals surface area contributed by atoms with Gasteiger partial charge < -0.3 is 14.5 Å². The second-order valence-corrected chi connectivity index (χ2v) is 10.1. The van der Waals surface area contributed by atoms with Crippen molar-refractivity contribution in [1.29, 1.82) is 0 Å². The second kappa shape index (κ2) is 11.7. The molecule has 0 radical (unpaired) electrons. The number of aromatic amines is 1. The number of carbonyl (C=O) groups excluding carboxylic acids is 2. The second-order valence-electron chi connectivity index (χ2n) is 9.73. The van der Waals surface area contributed by atoms with E-state index in [-0.39, 0.29) is 5.75 Å². The van der Waals surface area contributed by atoms with Gasteiger partial charge in [-0.3, -0.25) is 4.79 Å². The molecule has 0 aliphatic carbocycles. The number of aryl methyl sites for hydroxylation is 3. The van der Waals surface area contributed by atoms with Gasteiger partial charge in [-0.2, -0.15) is 5.10 Å². The lowest BCUT2D eigenvalue weighted by Crippen LogP contribution is -2.19. The minimum absolute atomic E-state index is 0.272. The number of ether oxygens (including phenoxy) is 2. The lowest BCUT2D eigenvalue weighted by Gasteiger charge is -2.10. The number of fused-ring (bicyclic) bond motifs is 1. The van der Waals surface area contributed by atoms with E-state index < -0.39 is 11.9 Å². The van der Waals surface area contributed by atoms with Crippen molar-refractivity contribution in [3.05, 3.63) is 117 Å². The summed E-state index contributed by atoms with van der Waals surface area (Å²) in [7, 11) is 1.48. The average Bonchev–Trinajstić information content (AvgIpc) is 3.33. The number of hydrogen-bond acceptors (Lipinski definition) is 5. The van der Waals surface area contributed by atoms with Gasteiger partial charge >= 0.3 is 5.97 Å². The maximum Gasteiger partial charge on any atom is 0.343 e. The van der Waals surface area contributed by atoms with Crippen molar-refractivity contribution in [2.75, 3.05) is 7.11 Å². The summed E-state index contributed by atoms with van der Waals surface area (Å²) in [6.07, 6.45) is 1.49. The smallest absolute Gasteiger partial charge is 0.343 e. The van der Waals surface area contributed by atoms with Crippen molar-refractivity contribution in [3.63, 3.8) is 0 Å². The number of nitrogens with one attached hydrogen (secondary N) is 2. The number of esters is 1. The number of benzene rings is 4. The first kappa shape index (κ1) is 27.7. The Balaban J connectivity index is 1.39. The Morgan fingerprint density at radius 2 is 1.71 bits per heavy atom. The van der Waals surface area contributed by atoms with Crippen LogP contribution in [0.5, 0.6) is 11.5 Å². The molecule has 41 heavy (non-hydrogen) atoms. The molecule has 206 valence electrons. The normalized spacial score (nSPS) is 11.1. The number of hydrazone groups is 1. The lowest BCUT2D eigenvalue weighted by atomic mass is 9.99. The highest BCUT2D eigenvalue weighted by molar-refractivity contribution is 6.34. The van der Waals surface area contributed by atoms with E-state index in [0.29, 0.717) is 33.2 Å². The minimum atomic E-state index is -0.487. The molecule has 0 unspecified atom stereocenters. The lowest BCUT2D eigenvalue weighted by molar-refractivity contribution is 0.0729. The van der Waals surface area contributed by atoms with Gasteiger partial charge in [-0.1, -0.05) is 59.1 Å². The van der Waals surface area contributed by atoms with Gasteiger partial charge in [-0.25, -0.2) is 10.2 Å². The van der Waals surface area contributed by atoms with Crippen LogP contribution in [0.25, 0.3) is 22.0 Å². The van der Waals surface area contributed by atoms with Crippen LogP contribution in [0.2, 0.25) is 5.02 Å². The molecule has 5 rings (SSSR count). The number of aromatic nitrogens is 1. The Labute approximate surface area is 242 Å². The zero-order chi connectivity index (χ0) is 29.1. The molecule has 0 aliphatic rings. The van der Waals surface area contributed by atoms with Gasteiger partial charge in [0.05, 0.1) is 18.9 Å². The molecule has 8 heteroatoms. The highest BCUT2D eigenvalue weighted by atomic mass is 35.5. The standard InChI is InChI=1S/C33H28ClN3O4/c1-19-8-7-9-23(15-19)33(39)41-27-13-12-22(17-28(27)40-4)18-35-37-32(38)31-29(24-10-5-6-11-26(24)34)25-16-20(2)14-21(3)30(25)36-31/h5-18,36H,1-4H3,(H,37,38). The molecule has 0 saturated heterocycles. The number of hydrogen-bond donors (Lipinski definition) is 2. The van der Waals surface area contributed by atoms with Crippen molar-refractivity contribution < 1.29 is 19.1 Å². The van der Waals surface area contributed by atoms with E-state index in [1.807, 2.05) is 51.1 Å². The molecule has 1 heterocycles. The summed E-state index contributed by atoms with van der Waals surface area (Å²) >= 11 is 6.55. The van der Waals surface area contributed by atoms with Crippen molar-refractivity contribution in [1.82, 2.24) is 10.4 Å². The van der Waals surface area contributed by atoms with Crippen LogP contribution in [0.4, 0.5) is 0 Å². The maximum absolute atomic E-state index is 13.4. The van der Waals surface area contributed by atoms with Crippen LogP contribution >= 0.6 is 11.6 Å². The molecule has 1 amide bonds. The number of H-pyrrole nitrogens is 1. The molecule has 2 N–H and O–H groups in total. The van der Waals surface area contributed by atoms with E-state index in [1.54, 1.807) is 42.5 Å². The SMILES string of the molecule is COc1cc(C=NNC(=O)c2[nH]c3c(C)cc(C)cc3c2-c2ccccc2Cl)ccc1OC(=O)c1cccc(C)c1. The van der Waals surface area contributed by atoms with Crippen LogP contribution in [-0.4, -0.2) is 30.2 Å². The summed E-state index contributed by atoms with van der Waals surface area (Å²) < 4.78 is 11.0. The molecule has 7 nitrogen and oxygen atoms in total. The Morgan fingerprint density at radius 3 is 2.46 bits per heavy atom. The van der Waals surface area contributed by atoms with Gasteiger partial charge in [-0.05, 0) is 74.4 Å². The zero-order valence-electron chi connectivity index (χ0n) is 23.0. The zero-order valence-corrected chi connectivity index (χ0v) is 23.8. The topological polar surface area (TPSA) is 92.8 Å². The molecule has 4 aromatic carbocycles. The monoisotopic (exact) mass is 565 g/mol. The van der Waals surface area contributed by atoms with E-state index >= 15 is 0 Å². The van der Waals surface area contributed by atoms with Gasteiger partial charge in [0, 0.05) is 27.1 Å². The number of nitrogens with zero attached hydrogens (tertiary/aromatic N) is 1. The first-order valence-corrected chi connectivity index (χ1v) is 13.3. The predicted octanol–water partition coefficient (Wildman–Crippen LogP) is 7.41. The fourth-order valence-corrected chi connectivity index (χ4v) is 5.00. The van der Waals surface area contributed by atoms with E-state index in [4.69, 9.17) is 21.1 Å². The van der Waals surface area contributed by atoms with E-state index in [0.717, 1.165) is 33.2 Å². The van der Waals surface area contributed by atoms with E-state index in [2.05, 4.69) is 21.6 Å². The Hall–Kier alpha value is -4.88. The maximum atomic E-state index is 13.4. The largest absolute Gasteiger partial charge is 0.493 e. The van der Waals surface area contributed by atoms with Crippen molar-refractivity contribution >= 4 is 40.6 Å². The molecule has 0 fully saturated rings.